The molecule has 0 fully saturated rings. The molecule has 2 heterocycles. The van der Waals surface area contributed by atoms with Gasteiger partial charge in [-0.25, -0.2) is 4.79 Å². The summed E-state index contributed by atoms with van der Waals surface area (Å²) in [6.45, 7) is 0. The zero-order valence-electron chi connectivity index (χ0n) is 13.0. The zero-order valence-corrected chi connectivity index (χ0v) is 13.8. The number of aromatic amines is 1. The Morgan fingerprint density at radius 2 is 2.08 bits per heavy atom. The second-order valence-corrected chi connectivity index (χ2v) is 6.11. The third-order valence-electron chi connectivity index (χ3n) is 3.51. The molecule has 0 aliphatic rings. The number of carboxylic acids is 1. The van der Waals surface area contributed by atoms with Crippen LogP contribution in [0.1, 0.15) is 20.0 Å². The number of nitrogens with two attached hydrogens (primary N) is 1. The van der Waals surface area contributed by atoms with Crippen LogP contribution in [0, 0.1) is 0 Å². The molecule has 0 saturated carbocycles. The molecule has 1 aromatic carbocycles. The number of rotatable bonds is 4. The summed E-state index contributed by atoms with van der Waals surface area (Å²) >= 11 is 0.979. The maximum Gasteiger partial charge on any atom is 0.341 e. The lowest BCUT2D eigenvalue weighted by molar-refractivity contribution is 0.0695. The first-order valence-electron chi connectivity index (χ1n) is 7.04. The van der Waals surface area contributed by atoms with Gasteiger partial charge in [-0.15, -0.1) is 11.3 Å². The highest BCUT2D eigenvalue weighted by Gasteiger charge is 2.20. The number of methoxy groups -OCH3 is 1. The average Bonchev–Trinajstić information content (AvgIpc) is 2.90. The lowest BCUT2D eigenvalue weighted by atomic mass is 10.2. The van der Waals surface area contributed by atoms with Gasteiger partial charge in [0.1, 0.15) is 21.0 Å². The topological polar surface area (TPSA) is 135 Å². The molecule has 8 nitrogen and oxygen atoms in total. The molecule has 0 aliphatic carbocycles. The van der Waals surface area contributed by atoms with E-state index in [9.17, 15) is 14.4 Å². The summed E-state index contributed by atoms with van der Waals surface area (Å²) in [5, 5.41) is 12.0. The van der Waals surface area contributed by atoms with E-state index in [-0.39, 0.29) is 10.6 Å². The second-order valence-electron chi connectivity index (χ2n) is 5.09. The van der Waals surface area contributed by atoms with Gasteiger partial charge in [-0.2, -0.15) is 0 Å². The number of thiophene rings is 1. The summed E-state index contributed by atoms with van der Waals surface area (Å²) in [6, 6.07) is 7.96. The Bertz CT molecular complexity index is 1050. The number of aromatic nitrogens is 1. The van der Waals surface area contributed by atoms with Gasteiger partial charge < -0.3 is 25.9 Å². The van der Waals surface area contributed by atoms with Gasteiger partial charge >= 0.3 is 5.97 Å². The fourth-order valence-corrected chi connectivity index (χ4v) is 3.28. The van der Waals surface area contributed by atoms with E-state index in [1.165, 1.54) is 13.2 Å². The number of ether oxygens (including phenoxy) is 1. The van der Waals surface area contributed by atoms with Gasteiger partial charge in [-0.3, -0.25) is 9.59 Å². The van der Waals surface area contributed by atoms with Crippen LogP contribution in [0.25, 0.3) is 10.2 Å². The lowest BCUT2D eigenvalue weighted by Crippen LogP contribution is -2.16. The van der Waals surface area contributed by atoms with Crippen molar-refractivity contribution in [2.24, 2.45) is 0 Å². The largest absolute Gasteiger partial charge is 0.497 e. The molecule has 25 heavy (non-hydrogen) atoms. The van der Waals surface area contributed by atoms with Crippen molar-refractivity contribution in [2.75, 3.05) is 18.2 Å². The predicted molar refractivity (Wildman–Crippen MR) is 94.8 cm³/mol. The van der Waals surface area contributed by atoms with Crippen molar-refractivity contribution >= 4 is 44.8 Å². The van der Waals surface area contributed by atoms with Crippen molar-refractivity contribution in [3.05, 3.63) is 51.1 Å². The van der Waals surface area contributed by atoms with Crippen LogP contribution in [0.3, 0.4) is 0 Å². The van der Waals surface area contributed by atoms with Gasteiger partial charge in [-0.1, -0.05) is 6.07 Å². The molecule has 0 radical (unpaired) electrons. The molecule has 0 bridgehead atoms. The maximum atomic E-state index is 12.5. The fraction of sp³-hybridized carbons (Fsp3) is 0.0625. The van der Waals surface area contributed by atoms with Crippen LogP contribution in [0.5, 0.6) is 5.75 Å². The van der Waals surface area contributed by atoms with Crippen molar-refractivity contribution in [1.82, 2.24) is 4.98 Å². The number of carbonyl (C=O) groups excluding carboxylic acids is 1. The number of aromatic carboxylic acids is 1. The first kappa shape index (κ1) is 16.5. The summed E-state index contributed by atoms with van der Waals surface area (Å²) in [5.74, 6) is -1.25. The van der Waals surface area contributed by atoms with E-state index in [0.29, 0.717) is 21.7 Å². The highest BCUT2D eigenvalue weighted by Crippen LogP contribution is 2.32. The smallest absolute Gasteiger partial charge is 0.341 e. The number of carbonyl (C=O) groups is 2. The van der Waals surface area contributed by atoms with E-state index in [1.807, 2.05) is 0 Å². The SMILES string of the molecule is COc1cccc(NC(=O)c2sc3[nH]c(=O)c(C(=O)O)cc3c2N)c1. The highest BCUT2D eigenvalue weighted by molar-refractivity contribution is 7.21. The number of H-pyrrole nitrogens is 1. The number of benzene rings is 1. The Hall–Kier alpha value is -3.33. The minimum atomic E-state index is -1.36. The molecular weight excluding hydrogens is 346 g/mol. The Morgan fingerprint density at radius 3 is 2.76 bits per heavy atom. The molecule has 0 aliphatic heterocycles. The van der Waals surface area contributed by atoms with Crippen LogP contribution >= 0.6 is 11.3 Å². The first-order valence-corrected chi connectivity index (χ1v) is 7.86. The monoisotopic (exact) mass is 359 g/mol. The van der Waals surface area contributed by atoms with E-state index in [2.05, 4.69) is 10.3 Å². The third-order valence-corrected chi connectivity index (χ3v) is 4.64. The quantitative estimate of drug-likeness (QED) is 0.564. The first-order chi connectivity index (χ1) is 11.9. The molecule has 0 atom stereocenters. The Morgan fingerprint density at radius 1 is 1.32 bits per heavy atom. The normalized spacial score (nSPS) is 10.6. The third kappa shape index (κ3) is 3.04. The molecule has 3 rings (SSSR count). The van der Waals surface area contributed by atoms with Crippen LogP contribution in [-0.4, -0.2) is 29.1 Å². The molecule has 0 saturated heterocycles. The number of carboxylic acid groups (broad SMARTS) is 1. The molecule has 128 valence electrons. The Kier molecular flexibility index (Phi) is 4.15. The van der Waals surface area contributed by atoms with Crippen LogP contribution in [0.15, 0.2) is 35.1 Å². The van der Waals surface area contributed by atoms with Gasteiger partial charge in [0.25, 0.3) is 11.5 Å². The summed E-state index contributed by atoms with van der Waals surface area (Å²) < 4.78 is 5.09. The van der Waals surface area contributed by atoms with Crippen molar-refractivity contribution in [3.8, 4) is 5.75 Å². The van der Waals surface area contributed by atoms with Crippen LogP contribution in [0.4, 0.5) is 11.4 Å². The Balaban J connectivity index is 2.00. The van der Waals surface area contributed by atoms with Gasteiger partial charge in [0.2, 0.25) is 0 Å². The van der Waals surface area contributed by atoms with Crippen LogP contribution in [0.2, 0.25) is 0 Å². The summed E-state index contributed by atoms with van der Waals surface area (Å²) in [5.41, 5.74) is 5.42. The van der Waals surface area contributed by atoms with E-state index in [1.54, 1.807) is 24.3 Å². The highest BCUT2D eigenvalue weighted by atomic mass is 32.1. The molecule has 1 amide bonds. The number of amides is 1. The number of pyridine rings is 1. The molecule has 5 N–H and O–H groups in total. The number of nitrogens with one attached hydrogen (secondary N) is 2. The zero-order chi connectivity index (χ0) is 18.1. The minimum absolute atomic E-state index is 0.110. The number of hydrogen-bond donors (Lipinski definition) is 4. The molecule has 9 heteroatoms. The molecule has 0 unspecified atom stereocenters. The van der Waals surface area contributed by atoms with E-state index in [0.717, 1.165) is 11.3 Å². The second kappa shape index (κ2) is 6.29. The van der Waals surface area contributed by atoms with Gasteiger partial charge in [0.05, 0.1) is 12.8 Å². The summed E-state index contributed by atoms with van der Waals surface area (Å²) in [4.78, 5) is 38.2. The van der Waals surface area contributed by atoms with Crippen LogP contribution < -0.4 is 21.3 Å². The number of nitrogen functional groups attached to an aromatic ring is 1. The number of anilines is 2. The van der Waals surface area contributed by atoms with Gasteiger partial charge in [-0.05, 0) is 18.2 Å². The van der Waals surface area contributed by atoms with Crippen molar-refractivity contribution in [3.63, 3.8) is 0 Å². The van der Waals surface area contributed by atoms with E-state index in [4.69, 9.17) is 15.6 Å². The number of hydrogen-bond acceptors (Lipinski definition) is 6. The lowest BCUT2D eigenvalue weighted by Gasteiger charge is -2.06. The van der Waals surface area contributed by atoms with E-state index >= 15 is 0 Å². The summed E-state index contributed by atoms with van der Waals surface area (Å²) in [6.07, 6.45) is 0. The standard InChI is InChI=1S/C16H13N3O5S/c1-24-8-4-2-3-7(5-8)18-14(21)12-11(17)9-6-10(16(22)23)13(20)19-15(9)25-12/h2-6H,17H2,1H3,(H,18,21)(H,19,20)(H,22,23). The Labute approximate surface area is 144 Å². The molecule has 3 aromatic rings. The van der Waals surface area contributed by atoms with Crippen LogP contribution in [-0.2, 0) is 0 Å². The average molecular weight is 359 g/mol. The molecule has 2 aromatic heterocycles. The van der Waals surface area contributed by atoms with Crippen molar-refractivity contribution < 1.29 is 19.4 Å². The van der Waals surface area contributed by atoms with Gasteiger partial charge in [0.15, 0.2) is 0 Å². The van der Waals surface area contributed by atoms with E-state index < -0.39 is 23.0 Å². The molecule has 0 spiro atoms. The fourth-order valence-electron chi connectivity index (χ4n) is 2.29. The maximum absolute atomic E-state index is 12.5. The minimum Gasteiger partial charge on any atom is -0.497 e. The predicted octanol–water partition coefficient (Wildman–Crippen LogP) is 2.13. The van der Waals surface area contributed by atoms with Gasteiger partial charge in [0, 0.05) is 17.1 Å². The van der Waals surface area contributed by atoms with Crippen molar-refractivity contribution in [1.29, 1.82) is 0 Å². The molecular formula is C16H13N3O5S. The van der Waals surface area contributed by atoms with Crippen molar-refractivity contribution in [2.45, 2.75) is 0 Å². The summed E-state index contributed by atoms with van der Waals surface area (Å²) in [7, 11) is 1.52. The number of fused-ring (bicyclic) bond motifs is 1.